The van der Waals surface area contributed by atoms with Crippen molar-refractivity contribution in [3.8, 4) is 0 Å². The largest absolute Gasteiger partial charge is 0.369 e. The number of hydrogen-bond donors (Lipinski definition) is 1. The summed E-state index contributed by atoms with van der Waals surface area (Å²) in [5.41, 5.74) is 5.25. The lowest BCUT2D eigenvalue weighted by molar-refractivity contribution is -0.122. The van der Waals surface area contributed by atoms with Gasteiger partial charge in [0, 0.05) is 5.92 Å². The van der Waals surface area contributed by atoms with E-state index in [9.17, 15) is 4.79 Å². The van der Waals surface area contributed by atoms with Gasteiger partial charge in [0.05, 0.1) is 0 Å². The Morgan fingerprint density at radius 2 is 1.71 bits per heavy atom. The van der Waals surface area contributed by atoms with Gasteiger partial charge in [-0.2, -0.15) is 0 Å². The van der Waals surface area contributed by atoms with Crippen LogP contribution < -0.4 is 5.73 Å². The van der Waals surface area contributed by atoms with Gasteiger partial charge in [-0.05, 0) is 12.8 Å². The van der Waals surface area contributed by atoms with E-state index in [-0.39, 0.29) is 24.2 Å². The van der Waals surface area contributed by atoms with E-state index in [1.165, 1.54) is 25.7 Å². The van der Waals surface area contributed by atoms with Crippen LogP contribution in [0.25, 0.3) is 0 Å². The quantitative estimate of drug-likeness (QED) is 0.628. The summed E-state index contributed by atoms with van der Waals surface area (Å²) in [6.45, 7) is 4.24. The molecule has 0 aromatic rings. The molecule has 2 nitrogen and oxygen atoms in total. The third kappa shape index (κ3) is 8.36. The Morgan fingerprint density at radius 3 is 2.14 bits per heavy atom. The van der Waals surface area contributed by atoms with Crippen LogP contribution in [-0.2, 0) is 4.79 Å². The van der Waals surface area contributed by atoms with E-state index < -0.39 is 0 Å². The zero-order chi connectivity index (χ0) is 10.1. The van der Waals surface area contributed by atoms with Crippen molar-refractivity contribution in [3.05, 3.63) is 0 Å². The number of hydrogen-bond acceptors (Lipinski definition) is 1. The molecule has 0 rings (SSSR count). The summed E-state index contributed by atoms with van der Waals surface area (Å²) >= 11 is 0. The third-order valence-corrected chi connectivity index (χ3v) is 2.55. The van der Waals surface area contributed by atoms with Crippen LogP contribution in [0.2, 0.25) is 0 Å². The van der Waals surface area contributed by atoms with Gasteiger partial charge in [-0.1, -0.05) is 46.0 Å². The maximum Gasteiger partial charge on any atom is 0.220 e. The van der Waals surface area contributed by atoms with Gasteiger partial charge in [-0.25, -0.2) is 0 Å². The Balaban J connectivity index is 0. The molecule has 3 heteroatoms. The minimum Gasteiger partial charge on any atom is -0.369 e. The number of halogens is 1. The first-order valence-corrected chi connectivity index (χ1v) is 5.51. The molecular weight excluding hydrogens is 198 g/mol. The predicted molar refractivity (Wildman–Crippen MR) is 63.6 cm³/mol. The lowest BCUT2D eigenvalue weighted by Crippen LogP contribution is -2.22. The zero-order valence-electron chi connectivity index (χ0n) is 9.42. The van der Waals surface area contributed by atoms with Gasteiger partial charge in [-0.3, -0.25) is 4.79 Å². The van der Waals surface area contributed by atoms with E-state index in [1.54, 1.807) is 0 Å². The van der Waals surface area contributed by atoms with Crippen molar-refractivity contribution in [1.82, 2.24) is 0 Å². The second-order valence-electron chi connectivity index (χ2n) is 3.71. The van der Waals surface area contributed by atoms with E-state index in [0.29, 0.717) is 0 Å². The predicted octanol–water partition coefficient (Wildman–Crippen LogP) is 3.28. The molecule has 0 saturated heterocycles. The normalized spacial score (nSPS) is 11.9. The summed E-state index contributed by atoms with van der Waals surface area (Å²) in [6, 6.07) is 0. The molecule has 86 valence electrons. The van der Waals surface area contributed by atoms with E-state index in [4.69, 9.17) is 5.73 Å². The summed E-state index contributed by atoms with van der Waals surface area (Å²) in [4.78, 5) is 10.9. The fraction of sp³-hybridized carbons (Fsp3) is 0.909. The first kappa shape index (κ1) is 16.2. The summed E-state index contributed by atoms with van der Waals surface area (Å²) < 4.78 is 0. The van der Waals surface area contributed by atoms with Gasteiger partial charge in [-0.15, -0.1) is 12.4 Å². The van der Waals surface area contributed by atoms with Crippen molar-refractivity contribution in [3.63, 3.8) is 0 Å². The number of carbonyl (C=O) groups excluding carboxylic acids is 1. The molecule has 0 aliphatic heterocycles. The molecule has 0 spiro atoms. The molecule has 14 heavy (non-hydrogen) atoms. The van der Waals surface area contributed by atoms with Crippen molar-refractivity contribution in [1.29, 1.82) is 0 Å². The first-order valence-electron chi connectivity index (χ1n) is 5.51. The Morgan fingerprint density at radius 1 is 1.14 bits per heavy atom. The van der Waals surface area contributed by atoms with Gasteiger partial charge in [0.2, 0.25) is 5.91 Å². The molecule has 0 saturated carbocycles. The second kappa shape index (κ2) is 10.8. The maximum atomic E-state index is 10.9. The van der Waals surface area contributed by atoms with E-state index >= 15 is 0 Å². The van der Waals surface area contributed by atoms with E-state index in [1.807, 2.05) is 6.92 Å². The van der Waals surface area contributed by atoms with Crippen LogP contribution in [0, 0.1) is 5.92 Å². The topological polar surface area (TPSA) is 43.1 Å². The molecule has 2 N–H and O–H groups in total. The molecule has 0 bridgehead atoms. The average Bonchev–Trinajstić information content (AvgIpc) is 2.10. The van der Waals surface area contributed by atoms with E-state index in [0.717, 1.165) is 19.3 Å². The molecule has 1 atom stereocenters. The zero-order valence-corrected chi connectivity index (χ0v) is 10.2. The minimum absolute atomic E-state index is 0. The molecule has 0 radical (unpaired) electrons. The molecule has 0 aromatic carbocycles. The average molecular weight is 222 g/mol. The smallest absolute Gasteiger partial charge is 0.220 e. The second-order valence-corrected chi connectivity index (χ2v) is 3.71. The minimum atomic E-state index is -0.127. The van der Waals surface area contributed by atoms with Gasteiger partial charge >= 0.3 is 0 Å². The van der Waals surface area contributed by atoms with Crippen molar-refractivity contribution in [2.45, 2.75) is 58.8 Å². The molecule has 1 amide bonds. The molecule has 0 aromatic heterocycles. The number of nitrogens with two attached hydrogens (primary N) is 1. The fourth-order valence-electron chi connectivity index (χ4n) is 1.54. The van der Waals surface area contributed by atoms with Crippen molar-refractivity contribution < 1.29 is 4.79 Å². The number of amides is 1. The highest BCUT2D eigenvalue weighted by atomic mass is 35.5. The van der Waals surface area contributed by atoms with Crippen molar-refractivity contribution >= 4 is 18.3 Å². The van der Waals surface area contributed by atoms with Crippen LogP contribution in [-0.4, -0.2) is 5.91 Å². The number of unbranched alkanes of at least 4 members (excludes halogenated alkanes) is 4. The van der Waals surface area contributed by atoms with Crippen molar-refractivity contribution in [2.75, 3.05) is 0 Å². The number of carbonyl (C=O) groups is 1. The molecule has 0 fully saturated rings. The molecule has 0 aliphatic carbocycles. The Bertz CT molecular complexity index is 139. The SMILES string of the molecule is CCCCCCCC(CC)C(N)=O.Cl. The van der Waals surface area contributed by atoms with Gasteiger partial charge in [0.15, 0.2) is 0 Å². The summed E-state index contributed by atoms with van der Waals surface area (Å²) in [5.74, 6) is -0.0142. The molecule has 1 unspecified atom stereocenters. The van der Waals surface area contributed by atoms with Crippen molar-refractivity contribution in [2.24, 2.45) is 11.7 Å². The highest BCUT2D eigenvalue weighted by Gasteiger charge is 2.11. The van der Waals surface area contributed by atoms with Crippen LogP contribution in [0.1, 0.15) is 58.8 Å². The summed E-state index contributed by atoms with van der Waals surface area (Å²) in [5, 5.41) is 0. The van der Waals surface area contributed by atoms with Gasteiger partial charge in [0.25, 0.3) is 0 Å². The summed E-state index contributed by atoms with van der Waals surface area (Å²) in [7, 11) is 0. The van der Waals surface area contributed by atoms with Gasteiger partial charge < -0.3 is 5.73 Å². The molecule has 0 aliphatic rings. The first-order chi connectivity index (χ1) is 6.22. The van der Waals surface area contributed by atoms with E-state index in [2.05, 4.69) is 6.92 Å². The van der Waals surface area contributed by atoms with Crippen LogP contribution >= 0.6 is 12.4 Å². The van der Waals surface area contributed by atoms with Crippen LogP contribution in [0.5, 0.6) is 0 Å². The number of rotatable bonds is 8. The van der Waals surface area contributed by atoms with Crippen LogP contribution in [0.15, 0.2) is 0 Å². The maximum absolute atomic E-state index is 10.9. The Labute approximate surface area is 94.0 Å². The standard InChI is InChI=1S/C11H23NO.ClH/c1-3-5-6-7-8-9-10(4-2)11(12)13;/h10H,3-9H2,1-2H3,(H2,12,13);1H. The lowest BCUT2D eigenvalue weighted by atomic mass is 9.97. The Hall–Kier alpha value is -0.240. The van der Waals surface area contributed by atoms with Gasteiger partial charge in [0.1, 0.15) is 0 Å². The Kier molecular flexibility index (Phi) is 12.5. The van der Waals surface area contributed by atoms with Crippen LogP contribution in [0.3, 0.4) is 0 Å². The fourth-order valence-corrected chi connectivity index (χ4v) is 1.54. The number of primary amides is 1. The summed E-state index contributed by atoms with van der Waals surface area (Å²) in [6.07, 6.45) is 8.16. The lowest BCUT2D eigenvalue weighted by Gasteiger charge is -2.09. The molecular formula is C11H24ClNO. The monoisotopic (exact) mass is 221 g/mol. The molecule has 0 heterocycles. The highest BCUT2D eigenvalue weighted by molar-refractivity contribution is 5.85. The third-order valence-electron chi connectivity index (χ3n) is 2.55. The van der Waals surface area contributed by atoms with Crippen LogP contribution in [0.4, 0.5) is 0 Å². The highest BCUT2D eigenvalue weighted by Crippen LogP contribution is 2.13.